The van der Waals surface area contributed by atoms with E-state index in [1.54, 1.807) is 17.8 Å². The molecule has 0 aromatic carbocycles. The number of aromatic nitrogens is 2. The van der Waals surface area contributed by atoms with Crippen LogP contribution in [0.5, 0.6) is 0 Å². The highest BCUT2D eigenvalue weighted by molar-refractivity contribution is 5.84. The van der Waals surface area contributed by atoms with Crippen molar-refractivity contribution in [1.82, 2.24) is 9.78 Å². The Labute approximate surface area is 97.9 Å². The van der Waals surface area contributed by atoms with Crippen LogP contribution in [0, 0.1) is 0 Å². The topological polar surface area (TPSA) is 38.0 Å². The molecular formula is C13H13FN2O. The van der Waals surface area contributed by atoms with Crippen LogP contribution in [0.3, 0.4) is 0 Å². The summed E-state index contributed by atoms with van der Waals surface area (Å²) in [5.41, 5.74) is 1.66. The third-order valence-electron chi connectivity index (χ3n) is 3.09. The molecule has 1 aromatic heterocycles. The molecule has 1 N–H and O–H groups in total. The summed E-state index contributed by atoms with van der Waals surface area (Å²) in [4.78, 5) is 0. The third-order valence-corrected chi connectivity index (χ3v) is 3.09. The fourth-order valence-corrected chi connectivity index (χ4v) is 2.35. The number of fused-ring (bicyclic) bond motifs is 2. The first-order valence-electron chi connectivity index (χ1n) is 5.68. The molecule has 2 aliphatic carbocycles. The van der Waals surface area contributed by atoms with Crippen LogP contribution in [0.15, 0.2) is 29.7 Å². The van der Waals surface area contributed by atoms with E-state index in [0.29, 0.717) is 12.1 Å². The molecular weight excluding hydrogens is 219 g/mol. The third kappa shape index (κ3) is 1.56. The predicted octanol–water partition coefficient (Wildman–Crippen LogP) is 0.392. The summed E-state index contributed by atoms with van der Waals surface area (Å²) in [6.45, 7) is 2.14. The van der Waals surface area contributed by atoms with E-state index in [1.807, 2.05) is 12.2 Å². The van der Waals surface area contributed by atoms with Crippen molar-refractivity contribution in [2.75, 3.05) is 0 Å². The van der Waals surface area contributed by atoms with Gasteiger partial charge in [-0.1, -0.05) is 6.08 Å². The molecule has 88 valence electrons. The van der Waals surface area contributed by atoms with Crippen molar-refractivity contribution in [2.24, 2.45) is 0 Å². The first kappa shape index (κ1) is 10.5. The molecule has 0 fully saturated rings. The Morgan fingerprint density at radius 3 is 3.18 bits per heavy atom. The number of hydrogen-bond acceptors (Lipinski definition) is 2. The molecule has 1 atom stereocenters. The highest BCUT2D eigenvalue weighted by Crippen LogP contribution is 2.28. The number of allylic oxidation sites excluding steroid dienone is 4. The molecule has 0 aliphatic heterocycles. The number of hydrogen-bond donors (Lipinski definition) is 1. The van der Waals surface area contributed by atoms with E-state index in [0.717, 1.165) is 22.6 Å². The fourth-order valence-electron chi connectivity index (χ4n) is 2.35. The maximum absolute atomic E-state index is 13.6. The zero-order valence-corrected chi connectivity index (χ0v) is 9.52. The molecule has 4 heteroatoms. The highest BCUT2D eigenvalue weighted by atomic mass is 19.1. The van der Waals surface area contributed by atoms with Crippen LogP contribution >= 0.6 is 0 Å². The summed E-state index contributed by atoms with van der Waals surface area (Å²) >= 11 is 0. The van der Waals surface area contributed by atoms with Crippen LogP contribution < -0.4 is 10.6 Å². The average molecular weight is 232 g/mol. The predicted molar refractivity (Wildman–Crippen MR) is 62.9 cm³/mol. The summed E-state index contributed by atoms with van der Waals surface area (Å²) in [7, 11) is 0. The summed E-state index contributed by atoms with van der Waals surface area (Å²) in [6.07, 6.45) is 7.18. The molecule has 2 aliphatic rings. The van der Waals surface area contributed by atoms with Crippen molar-refractivity contribution >= 4 is 11.6 Å². The van der Waals surface area contributed by atoms with Gasteiger partial charge < -0.3 is 5.11 Å². The Hall–Kier alpha value is -1.68. The minimum Gasteiger partial charge on any atom is -0.391 e. The van der Waals surface area contributed by atoms with Gasteiger partial charge in [0.15, 0.2) is 0 Å². The van der Waals surface area contributed by atoms with Gasteiger partial charge in [0.2, 0.25) is 0 Å². The second-order valence-electron chi connectivity index (χ2n) is 4.47. The number of rotatable bonds is 2. The Kier molecular flexibility index (Phi) is 2.26. The van der Waals surface area contributed by atoms with Crippen LogP contribution in [0.25, 0.3) is 11.6 Å². The van der Waals surface area contributed by atoms with E-state index in [4.69, 9.17) is 0 Å². The first-order chi connectivity index (χ1) is 8.16. The van der Waals surface area contributed by atoms with Gasteiger partial charge in [-0.3, -0.25) is 4.68 Å². The van der Waals surface area contributed by atoms with Gasteiger partial charge in [0, 0.05) is 10.8 Å². The van der Waals surface area contributed by atoms with Gasteiger partial charge >= 0.3 is 0 Å². The quantitative estimate of drug-likeness (QED) is 0.801. The average Bonchev–Trinajstić information content (AvgIpc) is 2.80. The lowest BCUT2D eigenvalue weighted by molar-refractivity contribution is 0.167. The lowest BCUT2D eigenvalue weighted by Gasteiger charge is -2.07. The molecule has 3 nitrogen and oxygen atoms in total. The van der Waals surface area contributed by atoms with Crippen molar-refractivity contribution in [2.45, 2.75) is 26.0 Å². The Morgan fingerprint density at radius 1 is 1.59 bits per heavy atom. The number of aliphatic hydroxyl groups excluding tert-OH is 1. The van der Waals surface area contributed by atoms with Gasteiger partial charge in [0.25, 0.3) is 0 Å². The number of nitrogens with zero attached hydrogens (tertiary/aromatic N) is 2. The van der Waals surface area contributed by atoms with Crippen LogP contribution in [0.2, 0.25) is 0 Å². The van der Waals surface area contributed by atoms with E-state index < -0.39 is 6.10 Å². The molecule has 1 heterocycles. The van der Waals surface area contributed by atoms with Crippen molar-refractivity contribution in [3.8, 4) is 0 Å². The van der Waals surface area contributed by atoms with Gasteiger partial charge in [0.1, 0.15) is 5.83 Å². The first-order valence-corrected chi connectivity index (χ1v) is 5.68. The standard InChI is InChI=1S/C13H13FN2O/c1-8(17)7-16-13-5-10-9(11(13)6-15-16)3-2-4-12(10)14/h2,4-6,8,17H,3,7H2,1H3. The zero-order valence-electron chi connectivity index (χ0n) is 9.52. The number of halogens is 1. The highest BCUT2D eigenvalue weighted by Gasteiger charge is 2.19. The van der Waals surface area contributed by atoms with Crippen LogP contribution in [-0.4, -0.2) is 21.0 Å². The number of aliphatic hydroxyl groups is 1. The van der Waals surface area contributed by atoms with Crippen molar-refractivity contribution < 1.29 is 9.50 Å². The molecule has 0 bridgehead atoms. The second-order valence-corrected chi connectivity index (χ2v) is 4.47. The Morgan fingerprint density at radius 2 is 2.41 bits per heavy atom. The van der Waals surface area contributed by atoms with E-state index in [-0.39, 0.29) is 5.83 Å². The molecule has 0 spiro atoms. The van der Waals surface area contributed by atoms with Crippen molar-refractivity contribution in [3.05, 3.63) is 40.3 Å². The van der Waals surface area contributed by atoms with E-state index in [2.05, 4.69) is 5.10 Å². The van der Waals surface area contributed by atoms with Crippen molar-refractivity contribution in [1.29, 1.82) is 0 Å². The Balaban J connectivity index is 2.20. The van der Waals surface area contributed by atoms with E-state index in [9.17, 15) is 9.50 Å². The molecule has 1 unspecified atom stereocenters. The molecule has 3 rings (SSSR count). The van der Waals surface area contributed by atoms with Gasteiger partial charge in [-0.15, -0.1) is 0 Å². The molecule has 0 amide bonds. The van der Waals surface area contributed by atoms with E-state index >= 15 is 0 Å². The van der Waals surface area contributed by atoms with Gasteiger partial charge in [-0.2, -0.15) is 5.10 Å². The van der Waals surface area contributed by atoms with Crippen LogP contribution in [-0.2, 0) is 6.54 Å². The van der Waals surface area contributed by atoms with Gasteiger partial charge in [0.05, 0.1) is 24.2 Å². The molecule has 0 saturated carbocycles. The summed E-state index contributed by atoms with van der Waals surface area (Å²) in [5, 5.41) is 15.5. The minimum absolute atomic E-state index is 0.189. The van der Waals surface area contributed by atoms with E-state index in [1.165, 1.54) is 6.08 Å². The molecule has 0 radical (unpaired) electrons. The van der Waals surface area contributed by atoms with Gasteiger partial charge in [-0.05, 0) is 31.1 Å². The summed E-state index contributed by atoms with van der Waals surface area (Å²) in [5.74, 6) is -0.189. The second kappa shape index (κ2) is 3.67. The maximum Gasteiger partial charge on any atom is 0.130 e. The van der Waals surface area contributed by atoms with Crippen molar-refractivity contribution in [3.63, 3.8) is 0 Å². The largest absolute Gasteiger partial charge is 0.391 e. The zero-order chi connectivity index (χ0) is 12.0. The molecule has 0 saturated heterocycles. The van der Waals surface area contributed by atoms with Crippen LogP contribution in [0.4, 0.5) is 4.39 Å². The fraction of sp³-hybridized carbons (Fsp3) is 0.308. The normalized spacial score (nSPS) is 19.1. The molecule has 17 heavy (non-hydrogen) atoms. The smallest absolute Gasteiger partial charge is 0.130 e. The minimum atomic E-state index is -0.461. The molecule has 1 aromatic rings. The van der Waals surface area contributed by atoms with Crippen LogP contribution in [0.1, 0.15) is 13.3 Å². The maximum atomic E-state index is 13.6. The lowest BCUT2D eigenvalue weighted by Crippen LogP contribution is -2.30. The van der Waals surface area contributed by atoms with Gasteiger partial charge in [-0.25, -0.2) is 4.39 Å². The SMILES string of the molecule is CC(O)Cn1ncc2c1=CC1=C(F)C=CCC=21. The lowest BCUT2D eigenvalue weighted by atomic mass is 10.00. The monoisotopic (exact) mass is 232 g/mol. The summed E-state index contributed by atoms with van der Waals surface area (Å²) < 4.78 is 15.4. The Bertz CT molecular complexity index is 649. The summed E-state index contributed by atoms with van der Waals surface area (Å²) in [6, 6.07) is 0.